The van der Waals surface area contributed by atoms with Crippen molar-refractivity contribution in [1.82, 2.24) is 15.0 Å². The maximum atomic E-state index is 12.9. The van der Waals surface area contributed by atoms with Gasteiger partial charge >= 0.3 is 11.9 Å². The smallest absolute Gasteiger partial charge is 0.335 e. The van der Waals surface area contributed by atoms with Gasteiger partial charge in [-0.1, -0.05) is 57.6 Å². The lowest BCUT2D eigenvalue weighted by atomic mass is 9.32. The zero-order valence-electron chi connectivity index (χ0n) is 28.1. The third-order valence-corrected chi connectivity index (χ3v) is 13.3. The number of hydrogen-bond donors (Lipinski definition) is 4. The van der Waals surface area contributed by atoms with Crippen molar-refractivity contribution in [2.24, 2.45) is 39.2 Å². The Bertz CT molecular complexity index is 1460. The van der Waals surface area contributed by atoms with Crippen LogP contribution in [0.2, 0.25) is 0 Å². The fourth-order valence-electron chi connectivity index (χ4n) is 11.1. The highest BCUT2D eigenvalue weighted by molar-refractivity contribution is 5.92. The van der Waals surface area contributed by atoms with Crippen molar-refractivity contribution in [2.45, 2.75) is 124 Å². The molecule has 0 amide bonds. The molecule has 10 atom stereocenters. The van der Waals surface area contributed by atoms with E-state index < -0.39 is 57.4 Å². The number of rotatable bonds is 6. The maximum Gasteiger partial charge on any atom is 0.335 e. The van der Waals surface area contributed by atoms with Crippen LogP contribution in [-0.2, 0) is 26.4 Å². The second kappa shape index (κ2) is 11.2. The van der Waals surface area contributed by atoms with E-state index in [-0.39, 0.29) is 24.0 Å². The molecule has 0 radical (unpaired) electrons. The van der Waals surface area contributed by atoms with Crippen LogP contribution < -0.4 is 5.73 Å². The number of aliphatic hydroxyl groups is 2. The normalized spacial score (nSPS) is 43.7. The number of carbonyl (C=O) groups is 2. The van der Waals surface area contributed by atoms with E-state index in [0.717, 1.165) is 5.57 Å². The number of carbonyl (C=O) groups excluding carboxylic acids is 1. The molecule has 10 nitrogen and oxygen atoms in total. The van der Waals surface area contributed by atoms with Crippen molar-refractivity contribution in [3.8, 4) is 0 Å². The van der Waals surface area contributed by atoms with Gasteiger partial charge in [0.2, 0.25) is 0 Å². The summed E-state index contributed by atoms with van der Waals surface area (Å²) in [5.41, 5.74) is 5.42. The number of aromatic nitrogens is 3. The Morgan fingerprint density at radius 2 is 1.76 bits per heavy atom. The molecule has 5 rings (SSSR count). The van der Waals surface area contributed by atoms with Gasteiger partial charge in [-0.05, 0) is 86.2 Å². The topological polar surface area (TPSA) is 161 Å². The van der Waals surface area contributed by atoms with Gasteiger partial charge in [0.15, 0.2) is 0 Å². The van der Waals surface area contributed by atoms with Gasteiger partial charge < -0.3 is 25.8 Å². The maximum absolute atomic E-state index is 12.9. The average Bonchev–Trinajstić information content (AvgIpc) is 3.50. The summed E-state index contributed by atoms with van der Waals surface area (Å²) in [5.74, 6) is -1.92. The number of ether oxygens (including phenoxy) is 1. The minimum absolute atomic E-state index is 0.113. The second-order valence-electron chi connectivity index (χ2n) is 15.5. The summed E-state index contributed by atoms with van der Waals surface area (Å²) in [5, 5.41) is 43.3. The van der Waals surface area contributed by atoms with Crippen LogP contribution in [0, 0.1) is 33.5 Å². The molecule has 0 saturated heterocycles. The molecule has 5 N–H and O–H groups in total. The van der Waals surface area contributed by atoms with Crippen molar-refractivity contribution >= 4 is 11.9 Å². The molecule has 10 heteroatoms. The fourth-order valence-corrected chi connectivity index (χ4v) is 11.1. The first-order valence-corrected chi connectivity index (χ1v) is 16.4. The third kappa shape index (κ3) is 4.53. The molecule has 4 saturated carbocycles. The molecule has 1 heterocycles. The van der Waals surface area contributed by atoms with E-state index in [1.165, 1.54) is 6.92 Å². The molecule has 248 valence electrons. The lowest BCUT2D eigenvalue weighted by Gasteiger charge is -2.73. The molecule has 0 aromatic carbocycles. The van der Waals surface area contributed by atoms with Crippen molar-refractivity contribution in [1.29, 1.82) is 0 Å². The van der Waals surface area contributed by atoms with E-state index >= 15 is 0 Å². The first-order chi connectivity index (χ1) is 20.9. The highest BCUT2D eigenvalue weighted by atomic mass is 16.5. The van der Waals surface area contributed by atoms with Crippen LogP contribution in [0.1, 0.15) is 99.6 Å². The van der Waals surface area contributed by atoms with Crippen LogP contribution in [0.25, 0.3) is 0 Å². The average molecular weight is 625 g/mol. The summed E-state index contributed by atoms with van der Waals surface area (Å²) in [7, 11) is 0. The van der Waals surface area contributed by atoms with Gasteiger partial charge in [0, 0.05) is 24.8 Å². The number of allylic oxidation sites excluding steroid dienone is 3. The first-order valence-electron chi connectivity index (χ1n) is 16.4. The van der Waals surface area contributed by atoms with Gasteiger partial charge in [-0.25, -0.2) is 9.48 Å². The standard InChI is InChI=1S/C35H52N4O6/c1-20(2)10-9-11-24(30(43)44)28-27(45-22(4)40)17-34(8)31(5)14-15-35(39-19-23(18-36)37-38-39)21(3)25(41)12-13-32(35,6)29(31)26(42)16-33(28,34)7/h9-11,19,21,25-27,29,41-42H,12-18,36H2,1-8H3,(H,43,44)/b11-9+,28-24+/t21?,25-,26-,27?,29-,31?,32?,33+,34?,35-/m1/s1. The van der Waals surface area contributed by atoms with Crippen molar-refractivity contribution in [3.05, 3.63) is 46.8 Å². The second-order valence-corrected chi connectivity index (χ2v) is 15.5. The van der Waals surface area contributed by atoms with Gasteiger partial charge in [0.25, 0.3) is 0 Å². The van der Waals surface area contributed by atoms with Crippen LogP contribution in [-0.4, -0.2) is 60.6 Å². The highest BCUT2D eigenvalue weighted by Gasteiger charge is 2.77. The van der Waals surface area contributed by atoms with Crippen molar-refractivity contribution in [2.75, 3.05) is 0 Å². The molecule has 4 aliphatic rings. The SMILES string of the molecule is CC(=O)OC1CC2(C)C3(C)CC[C@@]4(n5cc(CN)nn5)C(C)[C@H](O)CCC4(C)[C@@H]3[C@H](O)C[C@@]2(C)/C1=C(\C=C\C=C(C)C)C(=O)O. The number of esters is 1. The Hall–Kier alpha value is -2.82. The molecule has 1 aromatic heterocycles. The summed E-state index contributed by atoms with van der Waals surface area (Å²) in [6.45, 7) is 16.4. The number of fused-ring (bicyclic) bond motifs is 5. The van der Waals surface area contributed by atoms with Gasteiger partial charge in [-0.2, -0.15) is 0 Å². The zero-order chi connectivity index (χ0) is 33.3. The van der Waals surface area contributed by atoms with Crippen molar-refractivity contribution < 1.29 is 29.6 Å². The minimum atomic E-state index is -1.08. The lowest BCUT2D eigenvalue weighted by molar-refractivity contribution is -0.277. The Kier molecular flexibility index (Phi) is 8.32. The summed E-state index contributed by atoms with van der Waals surface area (Å²) >= 11 is 0. The summed E-state index contributed by atoms with van der Waals surface area (Å²) in [6, 6.07) is 0. The van der Waals surface area contributed by atoms with E-state index in [2.05, 4.69) is 44.9 Å². The van der Waals surface area contributed by atoms with Crippen LogP contribution in [0.15, 0.2) is 41.1 Å². The Labute approximate surface area is 266 Å². The molecule has 0 aliphatic heterocycles. The summed E-state index contributed by atoms with van der Waals surface area (Å²) in [4.78, 5) is 25.4. The van der Waals surface area contributed by atoms with Gasteiger partial charge in [-0.3, -0.25) is 4.79 Å². The first kappa shape index (κ1) is 33.5. The summed E-state index contributed by atoms with van der Waals surface area (Å²) in [6.07, 6.45) is 8.47. The molecule has 4 aliphatic carbocycles. The number of carboxylic acid groups (broad SMARTS) is 1. The van der Waals surface area contributed by atoms with Crippen LogP contribution >= 0.6 is 0 Å². The Morgan fingerprint density at radius 3 is 2.33 bits per heavy atom. The molecular weight excluding hydrogens is 572 g/mol. The van der Waals surface area contributed by atoms with Crippen LogP contribution in [0.3, 0.4) is 0 Å². The molecular formula is C35H52N4O6. The number of aliphatic hydroxyl groups excluding tert-OH is 2. The number of nitrogens with two attached hydrogens (primary N) is 1. The predicted octanol–water partition coefficient (Wildman–Crippen LogP) is 4.66. The fraction of sp³-hybridized carbons (Fsp3) is 0.714. The Morgan fingerprint density at radius 1 is 1.07 bits per heavy atom. The molecule has 5 unspecified atom stereocenters. The quantitative estimate of drug-likeness (QED) is 0.200. The van der Waals surface area contributed by atoms with Crippen LogP contribution in [0.5, 0.6) is 0 Å². The largest absolute Gasteiger partial charge is 0.478 e. The van der Waals surface area contributed by atoms with Gasteiger partial charge in [0.1, 0.15) is 6.10 Å². The Balaban J connectivity index is 1.73. The predicted molar refractivity (Wildman–Crippen MR) is 169 cm³/mol. The molecule has 1 aromatic rings. The van der Waals surface area contributed by atoms with Crippen molar-refractivity contribution in [3.63, 3.8) is 0 Å². The van der Waals surface area contributed by atoms with E-state index in [0.29, 0.717) is 49.8 Å². The molecule has 0 spiro atoms. The van der Waals surface area contributed by atoms with Crippen LogP contribution in [0.4, 0.5) is 0 Å². The number of aliphatic carboxylic acids is 1. The van der Waals surface area contributed by atoms with Gasteiger partial charge in [0.05, 0.1) is 35.2 Å². The molecule has 45 heavy (non-hydrogen) atoms. The van der Waals surface area contributed by atoms with Gasteiger partial charge in [-0.15, -0.1) is 5.10 Å². The summed E-state index contributed by atoms with van der Waals surface area (Å²) < 4.78 is 7.91. The van der Waals surface area contributed by atoms with E-state index in [9.17, 15) is 24.9 Å². The highest BCUT2D eigenvalue weighted by Crippen LogP contribution is 2.79. The van der Waals surface area contributed by atoms with E-state index in [1.807, 2.05) is 30.8 Å². The molecule has 4 fully saturated rings. The number of nitrogens with zero attached hydrogens (tertiary/aromatic N) is 3. The van der Waals surface area contributed by atoms with E-state index in [4.69, 9.17) is 10.5 Å². The minimum Gasteiger partial charge on any atom is -0.478 e. The lowest BCUT2D eigenvalue weighted by Crippen LogP contribution is -2.73. The number of carboxylic acids is 1. The zero-order valence-corrected chi connectivity index (χ0v) is 28.1. The molecule has 0 bridgehead atoms. The monoisotopic (exact) mass is 624 g/mol. The third-order valence-electron chi connectivity index (χ3n) is 13.3. The van der Waals surface area contributed by atoms with E-state index in [1.54, 1.807) is 12.2 Å². The number of hydrogen-bond acceptors (Lipinski definition) is 8.